The van der Waals surface area contributed by atoms with Crippen molar-refractivity contribution in [1.29, 1.82) is 0 Å². The van der Waals surface area contributed by atoms with Gasteiger partial charge in [-0.15, -0.1) is 0 Å². The minimum atomic E-state index is -2.16. The molecule has 1 saturated heterocycles. The van der Waals surface area contributed by atoms with Crippen molar-refractivity contribution in [3.63, 3.8) is 0 Å². The number of carboxylic acid groups (broad SMARTS) is 1. The fourth-order valence-electron chi connectivity index (χ4n) is 1.96. The van der Waals surface area contributed by atoms with E-state index in [0.717, 1.165) is 7.11 Å². The van der Waals surface area contributed by atoms with Crippen molar-refractivity contribution in [2.45, 2.75) is 42.7 Å². The molecule has 0 saturated carbocycles. The van der Waals surface area contributed by atoms with Gasteiger partial charge in [-0.1, -0.05) is 0 Å². The Morgan fingerprint density at radius 2 is 2.10 bits per heavy atom. The Balaban J connectivity index is 0.00000361. The van der Waals surface area contributed by atoms with Gasteiger partial charge in [0, 0.05) is 13.5 Å². The van der Waals surface area contributed by atoms with E-state index < -0.39 is 55.2 Å². The first-order valence-corrected chi connectivity index (χ1v) is 5.66. The average molecular weight is 298 g/mol. The number of aliphatic hydroxyl groups excluding tert-OH is 4. The van der Waals surface area contributed by atoms with Gasteiger partial charge < -0.3 is 46.9 Å². The summed E-state index contributed by atoms with van der Waals surface area (Å²) in [5.74, 6) is -3.65. The summed E-state index contributed by atoms with van der Waals surface area (Å²) in [6.07, 6.45) is -6.37. The predicted octanol–water partition coefficient (Wildman–Crippen LogP) is -3.23. The molecule has 1 aliphatic rings. The van der Waals surface area contributed by atoms with E-state index in [1.54, 1.807) is 0 Å². The van der Waals surface area contributed by atoms with E-state index in [9.17, 15) is 20.1 Å². The molecule has 20 heavy (non-hydrogen) atoms. The second kappa shape index (κ2) is 7.24. The van der Waals surface area contributed by atoms with Crippen LogP contribution >= 0.6 is 0 Å². The molecule has 10 nitrogen and oxygen atoms in total. The van der Waals surface area contributed by atoms with E-state index in [4.69, 9.17) is 25.4 Å². The van der Waals surface area contributed by atoms with Gasteiger partial charge in [-0.3, -0.25) is 0 Å². The van der Waals surface area contributed by atoms with Crippen LogP contribution in [0.5, 0.6) is 0 Å². The molecule has 1 fully saturated rings. The van der Waals surface area contributed by atoms with Crippen molar-refractivity contribution < 1.29 is 39.8 Å². The number of carboxylic acids is 1. The number of aliphatic hydroxyl groups is 4. The molecule has 0 aromatic rings. The minimum absolute atomic E-state index is 0. The first-order chi connectivity index (χ1) is 8.79. The van der Waals surface area contributed by atoms with Crippen LogP contribution in [0.4, 0.5) is 0 Å². The molecule has 0 aromatic heterocycles. The normalized spacial score (nSPS) is 36.8. The summed E-state index contributed by atoms with van der Waals surface area (Å²) in [5.41, 5.74) is 5.62. The second-order valence-electron chi connectivity index (χ2n) is 4.43. The summed E-state index contributed by atoms with van der Waals surface area (Å²) in [4.78, 5) is 11.2. The van der Waals surface area contributed by atoms with Gasteiger partial charge in [-0.05, 0) is 0 Å². The quantitative estimate of drug-likeness (QED) is 0.271. The summed E-state index contributed by atoms with van der Waals surface area (Å²) < 4.78 is 9.88. The maximum absolute atomic E-state index is 11.2. The summed E-state index contributed by atoms with van der Waals surface area (Å²) in [6.45, 7) is -0.767. The average Bonchev–Trinajstić information content (AvgIpc) is 2.39. The van der Waals surface area contributed by atoms with Gasteiger partial charge in [0.2, 0.25) is 0 Å². The first-order valence-electron chi connectivity index (χ1n) is 5.66. The molecular weight excluding hydrogens is 276 g/mol. The molecular formula is C10H22N2O8. The zero-order chi connectivity index (χ0) is 14.8. The number of nitrogens with two attached hydrogens (primary N) is 1. The third-order valence-electron chi connectivity index (χ3n) is 3.20. The number of rotatable bonds is 5. The van der Waals surface area contributed by atoms with E-state index in [2.05, 4.69) is 0 Å². The number of carbonyl (C=O) groups is 1. The highest BCUT2D eigenvalue weighted by Gasteiger charge is 2.53. The molecule has 0 radical (unpaired) electrons. The van der Waals surface area contributed by atoms with Crippen LogP contribution in [0.3, 0.4) is 0 Å². The fourth-order valence-corrected chi connectivity index (χ4v) is 1.96. The van der Waals surface area contributed by atoms with Crippen molar-refractivity contribution in [3.05, 3.63) is 0 Å². The molecule has 1 heterocycles. The van der Waals surface area contributed by atoms with Gasteiger partial charge in [0.25, 0.3) is 5.79 Å². The molecule has 0 spiro atoms. The molecule has 0 aliphatic carbocycles. The summed E-state index contributed by atoms with van der Waals surface area (Å²) in [7, 11) is 1.07. The van der Waals surface area contributed by atoms with E-state index in [0.29, 0.717) is 0 Å². The van der Waals surface area contributed by atoms with Crippen LogP contribution in [0.15, 0.2) is 0 Å². The van der Waals surface area contributed by atoms with Crippen LogP contribution in [-0.2, 0) is 14.3 Å². The highest BCUT2D eigenvalue weighted by molar-refractivity contribution is 5.76. The molecule has 0 bridgehead atoms. The van der Waals surface area contributed by atoms with Crippen LogP contribution in [0, 0.1) is 0 Å². The van der Waals surface area contributed by atoms with Gasteiger partial charge in [0.05, 0.1) is 18.8 Å². The van der Waals surface area contributed by atoms with E-state index in [1.165, 1.54) is 0 Å². The Hall–Kier alpha value is -0.850. The fraction of sp³-hybridized carbons (Fsp3) is 0.900. The van der Waals surface area contributed by atoms with Crippen molar-refractivity contribution in [2.24, 2.45) is 5.73 Å². The maximum Gasteiger partial charge on any atom is 0.364 e. The van der Waals surface area contributed by atoms with Crippen LogP contribution in [0.2, 0.25) is 0 Å². The second-order valence-corrected chi connectivity index (χ2v) is 4.43. The molecule has 120 valence electrons. The minimum Gasteiger partial charge on any atom is -0.477 e. The van der Waals surface area contributed by atoms with E-state index >= 15 is 0 Å². The summed E-state index contributed by atoms with van der Waals surface area (Å²) in [6, 6.07) is -1.13. The largest absolute Gasteiger partial charge is 0.477 e. The Morgan fingerprint density at radius 1 is 1.55 bits per heavy atom. The summed E-state index contributed by atoms with van der Waals surface area (Å²) in [5, 5.41) is 46.7. The van der Waals surface area contributed by atoms with E-state index in [-0.39, 0.29) is 6.15 Å². The lowest BCUT2D eigenvalue weighted by molar-refractivity contribution is -0.301. The van der Waals surface area contributed by atoms with Crippen molar-refractivity contribution >= 4 is 5.97 Å². The van der Waals surface area contributed by atoms with Gasteiger partial charge in [-0.25, -0.2) is 4.79 Å². The Morgan fingerprint density at radius 3 is 2.50 bits per heavy atom. The molecule has 1 aliphatic heterocycles. The number of ether oxygens (including phenoxy) is 2. The highest BCUT2D eigenvalue weighted by atomic mass is 16.7. The third-order valence-corrected chi connectivity index (χ3v) is 3.20. The smallest absolute Gasteiger partial charge is 0.364 e. The molecule has 0 amide bonds. The molecule has 1 rings (SSSR count). The van der Waals surface area contributed by atoms with Gasteiger partial charge >= 0.3 is 5.97 Å². The Labute approximate surface area is 115 Å². The van der Waals surface area contributed by atoms with Crippen LogP contribution in [0.1, 0.15) is 6.42 Å². The van der Waals surface area contributed by atoms with Crippen LogP contribution < -0.4 is 11.9 Å². The van der Waals surface area contributed by atoms with Gasteiger partial charge in [0.15, 0.2) is 0 Å². The number of hydrogen-bond acceptors (Lipinski definition) is 9. The monoisotopic (exact) mass is 298 g/mol. The SMILES string of the molecule is CO[C@@]1(C(=O)O)C[C@H](O)[C@@H](N)[C@H]([C@H](O)[C@H](O)CO)O1.N. The van der Waals surface area contributed by atoms with Crippen molar-refractivity contribution in [2.75, 3.05) is 13.7 Å². The van der Waals surface area contributed by atoms with E-state index in [1.807, 2.05) is 0 Å². The van der Waals surface area contributed by atoms with Gasteiger partial charge in [0.1, 0.15) is 18.3 Å². The van der Waals surface area contributed by atoms with Crippen molar-refractivity contribution in [3.8, 4) is 0 Å². The number of methoxy groups -OCH3 is 1. The molecule has 10 heteroatoms. The lowest BCUT2D eigenvalue weighted by Gasteiger charge is -2.44. The molecule has 0 aromatic carbocycles. The van der Waals surface area contributed by atoms with Crippen LogP contribution in [-0.4, -0.2) is 81.5 Å². The van der Waals surface area contributed by atoms with Gasteiger partial charge in [-0.2, -0.15) is 0 Å². The molecule has 0 unspecified atom stereocenters. The number of hydrogen-bond donors (Lipinski definition) is 7. The maximum atomic E-state index is 11.2. The molecule has 6 atom stereocenters. The molecule has 10 N–H and O–H groups in total. The Bertz CT molecular complexity index is 330. The topological polar surface area (TPSA) is 198 Å². The first kappa shape index (κ1) is 19.1. The lowest BCUT2D eigenvalue weighted by atomic mass is 9.89. The van der Waals surface area contributed by atoms with Crippen molar-refractivity contribution in [1.82, 2.24) is 6.15 Å². The third kappa shape index (κ3) is 3.42. The zero-order valence-electron chi connectivity index (χ0n) is 11.0. The Kier molecular flexibility index (Phi) is 6.93. The number of aliphatic carboxylic acids is 1. The predicted molar refractivity (Wildman–Crippen MR) is 65.0 cm³/mol. The highest BCUT2D eigenvalue weighted by Crippen LogP contribution is 2.31. The lowest BCUT2D eigenvalue weighted by Crippen LogP contribution is -2.66. The zero-order valence-corrected chi connectivity index (χ0v) is 11.0. The summed E-state index contributed by atoms with van der Waals surface area (Å²) >= 11 is 0. The standard InChI is InChI=1S/C10H19NO8.H3N/c1-18-10(9(16)17)2-4(13)6(11)8(19-10)7(15)5(14)3-12;/h4-8,12-15H,2-3,11H2,1H3,(H,16,17);1H3/t4-,5+,6+,7+,8+,10-;/m0./s1. The van der Waals surface area contributed by atoms with Crippen LogP contribution in [0.25, 0.3) is 0 Å².